The number of benzene rings is 1. The maximum absolute atomic E-state index is 12.5. The summed E-state index contributed by atoms with van der Waals surface area (Å²) >= 11 is 1.46. The van der Waals surface area contributed by atoms with E-state index in [1.807, 2.05) is 5.38 Å². The predicted octanol–water partition coefficient (Wildman–Crippen LogP) is 3.98. The molecule has 28 heavy (non-hydrogen) atoms. The van der Waals surface area contributed by atoms with E-state index in [2.05, 4.69) is 27.4 Å². The van der Waals surface area contributed by atoms with Gasteiger partial charge in [0.05, 0.1) is 5.69 Å². The lowest BCUT2D eigenvalue weighted by Gasteiger charge is -2.29. The summed E-state index contributed by atoms with van der Waals surface area (Å²) in [5.41, 5.74) is 2.28. The summed E-state index contributed by atoms with van der Waals surface area (Å²) < 4.78 is 0. The molecule has 0 unspecified atom stereocenters. The van der Waals surface area contributed by atoms with Crippen molar-refractivity contribution in [3.05, 3.63) is 40.9 Å². The van der Waals surface area contributed by atoms with E-state index in [0.717, 1.165) is 49.8 Å². The number of hydrogen-bond donors (Lipinski definition) is 2. The van der Waals surface area contributed by atoms with Crippen molar-refractivity contribution in [3.8, 4) is 0 Å². The van der Waals surface area contributed by atoms with E-state index in [1.165, 1.54) is 24.2 Å². The Morgan fingerprint density at radius 1 is 1.11 bits per heavy atom. The summed E-state index contributed by atoms with van der Waals surface area (Å²) in [5.74, 6) is 0.855. The lowest BCUT2D eigenvalue weighted by Crippen LogP contribution is -2.32. The van der Waals surface area contributed by atoms with Crippen molar-refractivity contribution in [2.24, 2.45) is 11.8 Å². The maximum atomic E-state index is 12.5. The number of nitrogens with zero attached hydrogens (tertiary/aromatic N) is 2. The minimum atomic E-state index is -0.187. The van der Waals surface area contributed by atoms with Crippen molar-refractivity contribution in [1.29, 1.82) is 0 Å². The molecule has 2 heterocycles. The molecule has 0 atom stereocenters. The molecule has 1 saturated heterocycles. The molecule has 6 nitrogen and oxygen atoms in total. The Morgan fingerprint density at radius 2 is 1.82 bits per heavy atom. The Balaban J connectivity index is 1.29. The minimum Gasteiger partial charge on any atom is -0.326 e. The Morgan fingerprint density at radius 3 is 2.50 bits per heavy atom. The smallest absolute Gasteiger partial charge is 0.257 e. The molecule has 4 rings (SSSR count). The average molecular weight is 399 g/mol. The fraction of sp³-hybridized carbons (Fsp3) is 0.476. The van der Waals surface area contributed by atoms with Gasteiger partial charge in [-0.15, -0.1) is 11.3 Å². The van der Waals surface area contributed by atoms with E-state index in [1.54, 1.807) is 24.3 Å². The van der Waals surface area contributed by atoms with E-state index in [4.69, 9.17) is 0 Å². The minimum absolute atomic E-state index is 0.0654. The number of likely N-dealkylation sites (tertiary alicyclic amines) is 1. The Labute approximate surface area is 169 Å². The van der Waals surface area contributed by atoms with E-state index in [0.29, 0.717) is 10.7 Å². The van der Waals surface area contributed by atoms with Gasteiger partial charge < -0.3 is 5.32 Å². The van der Waals surface area contributed by atoms with E-state index in [9.17, 15) is 9.59 Å². The van der Waals surface area contributed by atoms with Crippen LogP contribution in [0.15, 0.2) is 29.6 Å². The Kier molecular flexibility index (Phi) is 5.73. The zero-order valence-corrected chi connectivity index (χ0v) is 16.9. The summed E-state index contributed by atoms with van der Waals surface area (Å²) in [4.78, 5) is 31.2. The first-order valence-electron chi connectivity index (χ1n) is 9.96. The largest absolute Gasteiger partial charge is 0.326 e. The van der Waals surface area contributed by atoms with E-state index in [-0.39, 0.29) is 17.7 Å². The van der Waals surface area contributed by atoms with Crippen LogP contribution in [0.1, 0.15) is 48.7 Å². The number of nitrogens with one attached hydrogen (secondary N) is 2. The third-order valence-corrected chi connectivity index (χ3v) is 6.20. The van der Waals surface area contributed by atoms with Crippen molar-refractivity contribution in [2.75, 3.05) is 23.7 Å². The van der Waals surface area contributed by atoms with Crippen LogP contribution < -0.4 is 10.6 Å². The number of rotatable bonds is 6. The Hall–Kier alpha value is -2.25. The van der Waals surface area contributed by atoms with Crippen LogP contribution in [0, 0.1) is 11.8 Å². The van der Waals surface area contributed by atoms with Gasteiger partial charge in [0.1, 0.15) is 0 Å². The van der Waals surface area contributed by atoms with Crippen LogP contribution >= 0.6 is 11.3 Å². The molecule has 0 spiro atoms. The molecule has 2 fully saturated rings. The van der Waals surface area contributed by atoms with Gasteiger partial charge in [-0.05, 0) is 69.0 Å². The zero-order valence-electron chi connectivity index (χ0n) is 16.1. The van der Waals surface area contributed by atoms with E-state index < -0.39 is 0 Å². The molecular formula is C21H26N4O2S. The monoisotopic (exact) mass is 398 g/mol. The van der Waals surface area contributed by atoms with Crippen LogP contribution in [0.4, 0.5) is 10.8 Å². The van der Waals surface area contributed by atoms with Crippen LogP contribution in [0.5, 0.6) is 0 Å². The first-order valence-corrected chi connectivity index (χ1v) is 10.8. The van der Waals surface area contributed by atoms with Crippen LogP contribution in [-0.4, -0.2) is 34.8 Å². The normalized spacial score (nSPS) is 18.0. The van der Waals surface area contributed by atoms with Crippen molar-refractivity contribution < 1.29 is 9.59 Å². The quantitative estimate of drug-likeness (QED) is 0.772. The highest BCUT2D eigenvalue weighted by Gasteiger charge is 2.29. The zero-order chi connectivity index (χ0) is 19.5. The SMILES string of the molecule is CC1CCN(Cc2csc(NC(=O)c3ccc(NC(=O)C4CC4)cc3)n2)CC1. The van der Waals surface area contributed by atoms with Crippen molar-refractivity contribution in [1.82, 2.24) is 9.88 Å². The molecule has 0 radical (unpaired) electrons. The molecular weight excluding hydrogens is 372 g/mol. The van der Waals surface area contributed by atoms with Crippen LogP contribution in [0.2, 0.25) is 0 Å². The van der Waals surface area contributed by atoms with Gasteiger partial charge in [-0.1, -0.05) is 6.92 Å². The lowest BCUT2D eigenvalue weighted by molar-refractivity contribution is -0.117. The molecule has 2 N–H and O–H groups in total. The summed E-state index contributed by atoms with van der Waals surface area (Å²) in [6.45, 7) is 5.38. The Bertz CT molecular complexity index is 836. The molecule has 1 aromatic heterocycles. The molecule has 2 amide bonds. The number of hydrogen-bond acceptors (Lipinski definition) is 5. The topological polar surface area (TPSA) is 74.3 Å². The number of carbonyl (C=O) groups excluding carboxylic acids is 2. The average Bonchev–Trinajstić information content (AvgIpc) is 3.46. The van der Waals surface area contributed by atoms with E-state index >= 15 is 0 Å². The molecule has 1 aliphatic heterocycles. The number of aromatic nitrogens is 1. The summed E-state index contributed by atoms with van der Waals surface area (Å²) in [6.07, 6.45) is 4.42. The number of anilines is 2. The van der Waals surface area contributed by atoms with Crippen LogP contribution in [0.3, 0.4) is 0 Å². The summed E-state index contributed by atoms with van der Waals surface area (Å²) in [7, 11) is 0. The first-order chi connectivity index (χ1) is 13.6. The van der Waals surface area contributed by atoms with Gasteiger partial charge >= 0.3 is 0 Å². The van der Waals surface area contributed by atoms with Gasteiger partial charge in [0.25, 0.3) is 5.91 Å². The van der Waals surface area contributed by atoms with Gasteiger partial charge in [0, 0.05) is 29.1 Å². The standard InChI is InChI=1S/C21H26N4O2S/c1-14-8-10-25(11-9-14)12-18-13-28-21(23-18)24-20(27)16-4-6-17(7-5-16)22-19(26)15-2-3-15/h4-7,13-15H,2-3,8-12H2,1H3,(H,22,26)(H,23,24,27). The van der Waals surface area contributed by atoms with Crippen LogP contribution in [-0.2, 0) is 11.3 Å². The second kappa shape index (κ2) is 8.41. The number of thiazole rings is 1. The van der Waals surface area contributed by atoms with Crippen molar-refractivity contribution in [3.63, 3.8) is 0 Å². The molecule has 1 saturated carbocycles. The third-order valence-electron chi connectivity index (χ3n) is 5.40. The maximum Gasteiger partial charge on any atom is 0.257 e. The molecule has 148 valence electrons. The fourth-order valence-electron chi connectivity index (χ4n) is 3.35. The van der Waals surface area contributed by atoms with Gasteiger partial charge in [-0.2, -0.15) is 0 Å². The lowest BCUT2D eigenvalue weighted by atomic mass is 9.99. The predicted molar refractivity (Wildman–Crippen MR) is 112 cm³/mol. The second-order valence-corrected chi connectivity index (χ2v) is 8.76. The molecule has 2 aliphatic rings. The molecule has 2 aromatic rings. The molecule has 1 aromatic carbocycles. The van der Waals surface area contributed by atoms with Crippen molar-refractivity contribution >= 4 is 34.0 Å². The summed E-state index contributed by atoms with van der Waals surface area (Å²) in [6, 6.07) is 6.97. The second-order valence-electron chi connectivity index (χ2n) is 7.90. The molecule has 7 heteroatoms. The number of piperidine rings is 1. The molecule has 0 bridgehead atoms. The first kappa shape index (κ1) is 19.1. The summed E-state index contributed by atoms with van der Waals surface area (Å²) in [5, 5.41) is 8.39. The van der Waals surface area contributed by atoms with Gasteiger partial charge in [0.2, 0.25) is 5.91 Å². The third kappa shape index (κ3) is 4.97. The van der Waals surface area contributed by atoms with Gasteiger partial charge in [-0.3, -0.25) is 19.8 Å². The highest BCUT2D eigenvalue weighted by molar-refractivity contribution is 7.13. The van der Waals surface area contributed by atoms with Gasteiger partial charge in [0.15, 0.2) is 5.13 Å². The van der Waals surface area contributed by atoms with Crippen molar-refractivity contribution in [2.45, 2.75) is 39.2 Å². The fourth-order valence-corrected chi connectivity index (χ4v) is 4.05. The highest BCUT2D eigenvalue weighted by atomic mass is 32.1. The number of amides is 2. The van der Waals surface area contributed by atoms with Gasteiger partial charge in [-0.25, -0.2) is 4.98 Å². The molecule has 1 aliphatic carbocycles. The number of carbonyl (C=O) groups is 2. The highest BCUT2D eigenvalue weighted by Crippen LogP contribution is 2.30. The van der Waals surface area contributed by atoms with Crippen LogP contribution in [0.25, 0.3) is 0 Å².